The van der Waals surface area contributed by atoms with Gasteiger partial charge in [0.15, 0.2) is 11.1 Å². The van der Waals surface area contributed by atoms with Gasteiger partial charge in [-0.15, -0.1) is 35.3 Å². The van der Waals surface area contributed by atoms with E-state index in [0.717, 1.165) is 42.4 Å². The van der Waals surface area contributed by atoms with Gasteiger partial charge in [-0.3, -0.25) is 0 Å². The molecule has 2 aromatic rings. The first-order chi connectivity index (χ1) is 13.8. The Labute approximate surface area is 199 Å². The zero-order valence-corrected chi connectivity index (χ0v) is 21.2. The largest absolute Gasteiger partial charge is 0.370 e. The van der Waals surface area contributed by atoms with E-state index in [4.69, 9.17) is 5.73 Å². The molecule has 1 aliphatic rings. The van der Waals surface area contributed by atoms with Crippen molar-refractivity contribution in [2.24, 2.45) is 10.7 Å². The summed E-state index contributed by atoms with van der Waals surface area (Å²) in [5.74, 6) is 0.511. The molecule has 3 rings (SSSR count). The fourth-order valence-corrected chi connectivity index (χ4v) is 5.26. The average molecular weight is 565 g/mol. The Bertz CT molecular complexity index is 909. The molecule has 2 heterocycles. The second-order valence-corrected chi connectivity index (χ2v) is 9.94. The molecular formula is C19H29IN6O2S2. The number of aromatic nitrogens is 1. The number of aliphatic imine (C=N–C) groups is 1. The summed E-state index contributed by atoms with van der Waals surface area (Å²) in [7, 11) is -3.32. The normalized spacial score (nSPS) is 15.4. The first kappa shape index (κ1) is 24.8. The zero-order valence-electron chi connectivity index (χ0n) is 17.2. The Morgan fingerprint density at radius 2 is 1.83 bits per heavy atom. The van der Waals surface area contributed by atoms with Gasteiger partial charge in [0.1, 0.15) is 0 Å². The van der Waals surface area contributed by atoms with Gasteiger partial charge in [0, 0.05) is 43.8 Å². The Morgan fingerprint density at radius 1 is 1.20 bits per heavy atom. The van der Waals surface area contributed by atoms with Crippen molar-refractivity contribution in [3.05, 3.63) is 47.0 Å². The highest BCUT2D eigenvalue weighted by atomic mass is 127. The standard InChI is InChI=1S/C19H28N6O2S2.HI/c1-15(2)23-29(26,27)14-17-5-3-16(4-6-17)13-22-18(20)24-8-10-25(11-9-24)19-21-7-12-28-19;/h3-7,12,15,23H,8-11,13-14H2,1-2H3,(H2,20,22);1H. The number of piperazine rings is 1. The van der Waals surface area contributed by atoms with Crippen LogP contribution in [-0.4, -0.2) is 56.5 Å². The lowest BCUT2D eigenvalue weighted by Gasteiger charge is -2.35. The number of halogens is 1. The number of thiazole rings is 1. The highest BCUT2D eigenvalue weighted by Gasteiger charge is 2.19. The Morgan fingerprint density at radius 3 is 2.40 bits per heavy atom. The van der Waals surface area contributed by atoms with E-state index >= 15 is 0 Å². The number of hydrogen-bond acceptors (Lipinski definition) is 6. The van der Waals surface area contributed by atoms with Crippen molar-refractivity contribution >= 4 is 56.4 Å². The van der Waals surface area contributed by atoms with Gasteiger partial charge in [-0.1, -0.05) is 24.3 Å². The van der Waals surface area contributed by atoms with Crippen molar-refractivity contribution in [1.82, 2.24) is 14.6 Å². The third-order valence-electron chi connectivity index (χ3n) is 4.51. The highest BCUT2D eigenvalue weighted by molar-refractivity contribution is 14.0. The molecule has 0 unspecified atom stereocenters. The fourth-order valence-electron chi connectivity index (χ4n) is 3.13. The van der Waals surface area contributed by atoms with Gasteiger partial charge in [-0.25, -0.2) is 23.1 Å². The van der Waals surface area contributed by atoms with Crippen LogP contribution in [0.3, 0.4) is 0 Å². The van der Waals surface area contributed by atoms with Crippen LogP contribution in [0.5, 0.6) is 0 Å². The van der Waals surface area contributed by atoms with Crippen molar-refractivity contribution in [3.63, 3.8) is 0 Å². The highest BCUT2D eigenvalue weighted by Crippen LogP contribution is 2.18. The number of sulfonamides is 1. The first-order valence-corrected chi connectivity index (χ1v) is 12.1. The molecule has 0 spiro atoms. The van der Waals surface area contributed by atoms with Gasteiger partial charge in [0.25, 0.3) is 0 Å². The van der Waals surface area contributed by atoms with Crippen molar-refractivity contribution < 1.29 is 8.42 Å². The third-order valence-corrected chi connectivity index (χ3v) is 6.89. The first-order valence-electron chi connectivity index (χ1n) is 9.59. The van der Waals surface area contributed by atoms with Gasteiger partial charge >= 0.3 is 0 Å². The van der Waals surface area contributed by atoms with E-state index < -0.39 is 10.0 Å². The predicted octanol–water partition coefficient (Wildman–Crippen LogP) is 2.23. The second-order valence-electron chi connectivity index (χ2n) is 7.31. The average Bonchev–Trinajstić information content (AvgIpc) is 3.21. The number of guanidine groups is 1. The molecule has 8 nitrogen and oxygen atoms in total. The molecule has 1 fully saturated rings. The van der Waals surface area contributed by atoms with E-state index in [9.17, 15) is 8.42 Å². The van der Waals surface area contributed by atoms with Gasteiger partial charge in [-0.05, 0) is 25.0 Å². The van der Waals surface area contributed by atoms with Crippen molar-refractivity contribution in [1.29, 1.82) is 0 Å². The van der Waals surface area contributed by atoms with Gasteiger partial charge in [0.2, 0.25) is 10.0 Å². The van der Waals surface area contributed by atoms with Crippen LogP contribution in [0, 0.1) is 0 Å². The molecule has 1 aliphatic heterocycles. The third kappa shape index (κ3) is 7.36. The Kier molecular flexibility index (Phi) is 9.31. The molecule has 0 radical (unpaired) electrons. The van der Waals surface area contributed by atoms with Crippen LogP contribution in [0.25, 0.3) is 0 Å². The van der Waals surface area contributed by atoms with Crippen LogP contribution < -0.4 is 15.4 Å². The summed E-state index contributed by atoms with van der Waals surface area (Å²) in [4.78, 5) is 13.2. The van der Waals surface area contributed by atoms with Gasteiger partial charge in [-0.2, -0.15) is 0 Å². The lowest BCUT2D eigenvalue weighted by Crippen LogP contribution is -2.51. The number of nitrogens with zero attached hydrogens (tertiary/aromatic N) is 4. The minimum Gasteiger partial charge on any atom is -0.370 e. The maximum absolute atomic E-state index is 12.0. The lowest BCUT2D eigenvalue weighted by atomic mass is 10.1. The molecule has 0 aliphatic carbocycles. The van der Waals surface area contributed by atoms with Crippen molar-refractivity contribution in [3.8, 4) is 0 Å². The summed E-state index contributed by atoms with van der Waals surface area (Å²) < 4.78 is 26.6. The Balaban J connectivity index is 0.00000320. The molecule has 1 aromatic carbocycles. The minimum absolute atomic E-state index is 0. The summed E-state index contributed by atoms with van der Waals surface area (Å²) >= 11 is 1.65. The minimum atomic E-state index is -3.32. The monoisotopic (exact) mass is 564 g/mol. The van der Waals surface area contributed by atoms with Crippen LogP contribution in [0.2, 0.25) is 0 Å². The molecule has 0 atom stereocenters. The molecule has 30 heavy (non-hydrogen) atoms. The lowest BCUT2D eigenvalue weighted by molar-refractivity contribution is 0.380. The predicted molar refractivity (Wildman–Crippen MR) is 134 cm³/mol. The maximum atomic E-state index is 12.0. The van der Waals surface area contributed by atoms with Gasteiger partial charge < -0.3 is 15.5 Å². The Hall–Kier alpha value is -1.44. The summed E-state index contributed by atoms with van der Waals surface area (Å²) in [5.41, 5.74) is 7.92. The van der Waals surface area contributed by atoms with E-state index in [0.29, 0.717) is 12.5 Å². The number of anilines is 1. The van der Waals surface area contributed by atoms with Gasteiger partial charge in [0.05, 0.1) is 12.3 Å². The van der Waals surface area contributed by atoms with E-state index in [-0.39, 0.29) is 35.8 Å². The smallest absolute Gasteiger partial charge is 0.216 e. The van der Waals surface area contributed by atoms with E-state index in [1.54, 1.807) is 11.3 Å². The van der Waals surface area contributed by atoms with Crippen LogP contribution >= 0.6 is 35.3 Å². The number of rotatable bonds is 7. The molecule has 11 heteroatoms. The molecule has 166 valence electrons. The second kappa shape index (κ2) is 11.3. The fraction of sp³-hybridized carbons (Fsp3) is 0.474. The molecular weight excluding hydrogens is 535 g/mol. The summed E-state index contributed by atoms with van der Waals surface area (Å²) in [5, 5.41) is 3.03. The van der Waals surface area contributed by atoms with Crippen molar-refractivity contribution in [2.75, 3.05) is 31.1 Å². The zero-order chi connectivity index (χ0) is 20.9. The maximum Gasteiger partial charge on any atom is 0.216 e. The van der Waals surface area contributed by atoms with E-state index in [1.807, 2.05) is 49.7 Å². The van der Waals surface area contributed by atoms with Crippen molar-refractivity contribution in [2.45, 2.75) is 32.2 Å². The topological polar surface area (TPSA) is 104 Å². The summed E-state index contributed by atoms with van der Waals surface area (Å²) in [6.45, 7) is 7.46. The van der Waals surface area contributed by atoms with Crippen LogP contribution in [0.4, 0.5) is 5.13 Å². The van der Waals surface area contributed by atoms with Crippen LogP contribution in [-0.2, 0) is 22.3 Å². The molecule has 0 amide bonds. The number of benzene rings is 1. The quantitative estimate of drug-likeness (QED) is 0.304. The van der Waals surface area contributed by atoms with E-state index in [2.05, 4.69) is 24.5 Å². The SMILES string of the molecule is CC(C)NS(=O)(=O)Cc1ccc(CN=C(N)N2CCN(c3nccs3)CC2)cc1.I. The molecule has 1 aromatic heterocycles. The number of nitrogens with two attached hydrogens (primary N) is 1. The summed E-state index contributed by atoms with van der Waals surface area (Å²) in [6.07, 6.45) is 1.82. The number of hydrogen-bond donors (Lipinski definition) is 2. The molecule has 0 bridgehead atoms. The van der Waals surface area contributed by atoms with Crippen LogP contribution in [0.1, 0.15) is 25.0 Å². The van der Waals surface area contributed by atoms with Crippen LogP contribution in [0.15, 0.2) is 40.8 Å². The molecule has 3 N–H and O–H groups in total. The number of nitrogens with one attached hydrogen (secondary N) is 1. The molecule has 1 saturated heterocycles. The molecule has 0 saturated carbocycles. The van der Waals surface area contributed by atoms with E-state index in [1.165, 1.54) is 0 Å². The summed E-state index contributed by atoms with van der Waals surface area (Å²) in [6, 6.07) is 7.34.